The van der Waals surface area contributed by atoms with Crippen LogP contribution in [-0.4, -0.2) is 46.6 Å². The Bertz CT molecular complexity index is 772. The maximum absolute atomic E-state index is 12.5. The fourth-order valence-corrected chi connectivity index (χ4v) is 2.97. The first-order valence-corrected chi connectivity index (χ1v) is 8.70. The van der Waals surface area contributed by atoms with Gasteiger partial charge in [0.25, 0.3) is 0 Å². The highest BCUT2D eigenvalue weighted by Crippen LogP contribution is 2.26. The predicted octanol–water partition coefficient (Wildman–Crippen LogP) is 2.12. The normalized spacial score (nSPS) is 17.0. The van der Waals surface area contributed by atoms with E-state index >= 15 is 0 Å². The van der Waals surface area contributed by atoms with E-state index < -0.39 is 11.8 Å². The van der Waals surface area contributed by atoms with E-state index in [9.17, 15) is 9.59 Å². The first-order chi connectivity index (χ1) is 12.6. The first-order valence-electron chi connectivity index (χ1n) is 8.70. The predicted molar refractivity (Wildman–Crippen MR) is 93.8 cm³/mol. The van der Waals surface area contributed by atoms with E-state index in [1.807, 2.05) is 6.92 Å². The van der Waals surface area contributed by atoms with Gasteiger partial charge in [0.15, 0.2) is 5.82 Å². The molecule has 1 aliphatic rings. The second-order valence-corrected chi connectivity index (χ2v) is 6.18. The second kappa shape index (κ2) is 7.99. The van der Waals surface area contributed by atoms with Crippen molar-refractivity contribution < 1.29 is 18.8 Å². The van der Waals surface area contributed by atoms with Gasteiger partial charge in [0, 0.05) is 18.8 Å². The van der Waals surface area contributed by atoms with Gasteiger partial charge < -0.3 is 19.5 Å². The zero-order valence-corrected chi connectivity index (χ0v) is 14.9. The molecule has 1 N–H and O–H groups in total. The number of nitrogens with zero attached hydrogens (tertiary/aromatic N) is 3. The highest BCUT2D eigenvalue weighted by molar-refractivity contribution is 6.39. The number of aryl methyl sites for hydroxylation is 1. The lowest BCUT2D eigenvalue weighted by molar-refractivity contribution is -0.144. The summed E-state index contributed by atoms with van der Waals surface area (Å²) in [7, 11) is 0. The number of likely N-dealkylation sites (tertiary alicyclic amines) is 1. The minimum absolute atomic E-state index is 0.0350. The van der Waals surface area contributed by atoms with Crippen molar-refractivity contribution in [2.24, 2.45) is 0 Å². The van der Waals surface area contributed by atoms with Gasteiger partial charge in [0.2, 0.25) is 5.89 Å². The summed E-state index contributed by atoms with van der Waals surface area (Å²) in [5.41, 5.74) is 0.549. The highest BCUT2D eigenvalue weighted by Gasteiger charge is 2.31. The third-order valence-electron chi connectivity index (χ3n) is 4.22. The van der Waals surface area contributed by atoms with Crippen LogP contribution < -0.4 is 10.1 Å². The molecule has 1 aromatic carbocycles. The number of amides is 2. The zero-order valence-electron chi connectivity index (χ0n) is 14.9. The molecular formula is C18H22N4O4. The van der Waals surface area contributed by atoms with Gasteiger partial charge in [-0.05, 0) is 51.0 Å². The van der Waals surface area contributed by atoms with Crippen LogP contribution in [0.1, 0.15) is 37.4 Å². The Kier molecular flexibility index (Phi) is 5.50. The Hall–Kier alpha value is -2.90. The van der Waals surface area contributed by atoms with Gasteiger partial charge >= 0.3 is 11.8 Å². The number of hydrogen-bond acceptors (Lipinski definition) is 6. The second-order valence-electron chi connectivity index (χ2n) is 6.18. The molecule has 0 radical (unpaired) electrons. The molecule has 0 saturated carbocycles. The third kappa shape index (κ3) is 4.19. The zero-order chi connectivity index (χ0) is 18.5. The van der Waals surface area contributed by atoms with E-state index in [1.165, 1.54) is 4.90 Å². The van der Waals surface area contributed by atoms with Crippen molar-refractivity contribution in [2.45, 2.75) is 32.6 Å². The molecule has 2 heterocycles. The third-order valence-corrected chi connectivity index (χ3v) is 4.22. The molecule has 1 saturated heterocycles. The summed E-state index contributed by atoms with van der Waals surface area (Å²) >= 11 is 0. The van der Waals surface area contributed by atoms with Crippen LogP contribution in [0.15, 0.2) is 28.8 Å². The quantitative estimate of drug-likeness (QED) is 0.841. The van der Waals surface area contributed by atoms with E-state index in [1.54, 1.807) is 31.2 Å². The Balaban J connectivity index is 1.59. The van der Waals surface area contributed by atoms with Gasteiger partial charge in [0.05, 0.1) is 12.5 Å². The monoisotopic (exact) mass is 358 g/mol. The van der Waals surface area contributed by atoms with Crippen LogP contribution in [0, 0.1) is 6.92 Å². The summed E-state index contributed by atoms with van der Waals surface area (Å²) in [6.07, 6.45) is 1.64. The summed E-state index contributed by atoms with van der Waals surface area (Å²) in [6.45, 7) is 5.16. The molecule has 1 aliphatic heterocycles. The van der Waals surface area contributed by atoms with Gasteiger partial charge in [-0.15, -0.1) is 0 Å². The Labute approximate surface area is 151 Å². The van der Waals surface area contributed by atoms with Gasteiger partial charge in [-0.2, -0.15) is 4.98 Å². The fourth-order valence-electron chi connectivity index (χ4n) is 2.97. The van der Waals surface area contributed by atoms with E-state index in [0.717, 1.165) is 12.8 Å². The van der Waals surface area contributed by atoms with E-state index in [2.05, 4.69) is 15.5 Å². The van der Waals surface area contributed by atoms with Crippen LogP contribution in [0.5, 0.6) is 5.75 Å². The number of hydrogen-bond donors (Lipinski definition) is 1. The summed E-state index contributed by atoms with van der Waals surface area (Å²) in [6, 6.07) is 6.91. The maximum atomic E-state index is 12.5. The average Bonchev–Trinajstić information content (AvgIpc) is 3.09. The maximum Gasteiger partial charge on any atom is 0.313 e. The van der Waals surface area contributed by atoms with Crippen LogP contribution in [0.25, 0.3) is 0 Å². The summed E-state index contributed by atoms with van der Waals surface area (Å²) in [4.78, 5) is 30.5. The average molecular weight is 358 g/mol. The topological polar surface area (TPSA) is 97.6 Å². The van der Waals surface area contributed by atoms with Crippen LogP contribution in [0.3, 0.4) is 0 Å². The lowest BCUT2D eigenvalue weighted by atomic mass is 9.98. The van der Waals surface area contributed by atoms with E-state index in [4.69, 9.17) is 9.26 Å². The number of nitrogens with one attached hydrogen (secondary N) is 1. The number of rotatable bonds is 4. The van der Waals surface area contributed by atoms with Crippen LogP contribution in [0.4, 0.5) is 5.69 Å². The van der Waals surface area contributed by atoms with E-state index in [-0.39, 0.29) is 5.92 Å². The summed E-state index contributed by atoms with van der Waals surface area (Å²) in [5.74, 6) is 0.553. The first kappa shape index (κ1) is 17.9. The SMILES string of the molecule is CCOc1ccc(NC(=O)C(=O)N2CCCC(c3nc(C)no3)C2)cc1. The number of ether oxygens (including phenoxy) is 1. The molecule has 138 valence electrons. The molecule has 0 bridgehead atoms. The molecule has 1 atom stereocenters. The molecule has 2 aromatic rings. The lowest BCUT2D eigenvalue weighted by Crippen LogP contribution is -2.44. The summed E-state index contributed by atoms with van der Waals surface area (Å²) < 4.78 is 10.6. The Morgan fingerprint density at radius 1 is 1.35 bits per heavy atom. The number of anilines is 1. The minimum Gasteiger partial charge on any atom is -0.494 e. The van der Waals surface area contributed by atoms with Crippen molar-refractivity contribution in [2.75, 3.05) is 25.0 Å². The molecule has 0 aliphatic carbocycles. The van der Waals surface area contributed by atoms with Crippen molar-refractivity contribution in [1.82, 2.24) is 15.0 Å². The van der Waals surface area contributed by atoms with Crippen LogP contribution in [0.2, 0.25) is 0 Å². The number of benzene rings is 1. The van der Waals surface area contributed by atoms with Gasteiger partial charge in [-0.3, -0.25) is 9.59 Å². The largest absolute Gasteiger partial charge is 0.494 e. The standard InChI is InChI=1S/C18H22N4O4/c1-3-25-15-8-6-14(7-9-15)20-16(23)18(24)22-10-4-5-13(11-22)17-19-12(2)21-26-17/h6-9,13H,3-5,10-11H2,1-2H3,(H,20,23). The smallest absolute Gasteiger partial charge is 0.313 e. The van der Waals surface area contributed by atoms with Gasteiger partial charge in [-0.1, -0.05) is 5.16 Å². The van der Waals surface area contributed by atoms with E-state index in [0.29, 0.717) is 42.8 Å². The molecule has 2 amide bonds. The molecule has 26 heavy (non-hydrogen) atoms. The molecule has 8 nitrogen and oxygen atoms in total. The molecule has 1 fully saturated rings. The lowest BCUT2D eigenvalue weighted by Gasteiger charge is -2.30. The number of aromatic nitrogens is 2. The molecule has 1 aromatic heterocycles. The molecule has 3 rings (SSSR count). The van der Waals surface area contributed by atoms with Crippen molar-refractivity contribution in [3.63, 3.8) is 0 Å². The minimum atomic E-state index is -0.656. The molecule has 1 unspecified atom stereocenters. The van der Waals surface area contributed by atoms with Crippen molar-refractivity contribution in [3.05, 3.63) is 36.0 Å². The van der Waals surface area contributed by atoms with Gasteiger partial charge in [-0.25, -0.2) is 0 Å². The fraction of sp³-hybridized carbons (Fsp3) is 0.444. The number of piperidine rings is 1. The molecule has 0 spiro atoms. The van der Waals surface area contributed by atoms with Crippen LogP contribution in [-0.2, 0) is 9.59 Å². The number of carbonyl (C=O) groups excluding carboxylic acids is 2. The Morgan fingerprint density at radius 3 is 2.77 bits per heavy atom. The summed E-state index contributed by atoms with van der Waals surface area (Å²) in [5, 5.41) is 6.42. The van der Waals surface area contributed by atoms with Crippen molar-refractivity contribution in [3.8, 4) is 5.75 Å². The Morgan fingerprint density at radius 2 is 2.12 bits per heavy atom. The number of carbonyl (C=O) groups is 2. The van der Waals surface area contributed by atoms with Crippen molar-refractivity contribution >= 4 is 17.5 Å². The molecular weight excluding hydrogens is 336 g/mol. The highest BCUT2D eigenvalue weighted by atomic mass is 16.5. The molecule has 8 heteroatoms. The van der Waals surface area contributed by atoms with Gasteiger partial charge in [0.1, 0.15) is 5.75 Å². The van der Waals surface area contributed by atoms with Crippen LogP contribution >= 0.6 is 0 Å². The van der Waals surface area contributed by atoms with Crippen molar-refractivity contribution in [1.29, 1.82) is 0 Å².